The SMILES string of the molecule is CCC(C)N(C)CCNC(=O)c1cc(Cl)cc(Br)c1. The van der Waals surface area contributed by atoms with Crippen LogP contribution in [0.15, 0.2) is 22.7 Å². The van der Waals surface area contributed by atoms with Crippen LogP contribution in [-0.4, -0.2) is 37.0 Å². The highest BCUT2D eigenvalue weighted by Gasteiger charge is 2.09. The molecule has 1 rings (SSSR count). The summed E-state index contributed by atoms with van der Waals surface area (Å²) in [6.45, 7) is 5.80. The lowest BCUT2D eigenvalue weighted by molar-refractivity contribution is 0.0947. The number of hydrogen-bond donors (Lipinski definition) is 1. The first-order chi connectivity index (χ1) is 8.93. The maximum absolute atomic E-state index is 12.0. The van der Waals surface area contributed by atoms with Crippen LogP contribution in [0, 0.1) is 0 Å². The van der Waals surface area contributed by atoms with Gasteiger partial charge in [0.25, 0.3) is 5.91 Å². The van der Waals surface area contributed by atoms with Gasteiger partial charge in [-0.1, -0.05) is 34.5 Å². The third-order valence-corrected chi connectivity index (χ3v) is 3.89. The molecule has 0 aliphatic carbocycles. The Bertz CT molecular complexity index is 419. The Balaban J connectivity index is 2.47. The van der Waals surface area contributed by atoms with E-state index in [1.54, 1.807) is 18.2 Å². The van der Waals surface area contributed by atoms with E-state index in [1.165, 1.54) is 0 Å². The molecule has 0 bridgehead atoms. The highest BCUT2D eigenvalue weighted by atomic mass is 79.9. The molecule has 1 N–H and O–H groups in total. The number of nitrogens with one attached hydrogen (secondary N) is 1. The van der Waals surface area contributed by atoms with Crippen molar-refractivity contribution in [2.24, 2.45) is 0 Å². The minimum Gasteiger partial charge on any atom is -0.351 e. The molecule has 1 atom stereocenters. The second-order valence-electron chi connectivity index (χ2n) is 4.65. The largest absolute Gasteiger partial charge is 0.351 e. The minimum absolute atomic E-state index is 0.0965. The number of halogens is 2. The fraction of sp³-hybridized carbons (Fsp3) is 0.500. The normalized spacial score (nSPS) is 12.5. The molecular formula is C14H20BrClN2O. The van der Waals surface area contributed by atoms with Crippen LogP contribution < -0.4 is 5.32 Å². The molecule has 0 saturated heterocycles. The number of carbonyl (C=O) groups excluding carboxylic acids is 1. The van der Waals surface area contributed by atoms with E-state index in [9.17, 15) is 4.79 Å². The molecule has 0 saturated carbocycles. The average Bonchev–Trinajstić information content (AvgIpc) is 2.36. The zero-order valence-corrected chi connectivity index (χ0v) is 13.9. The van der Waals surface area contributed by atoms with E-state index in [1.807, 2.05) is 0 Å². The Hall–Kier alpha value is -0.580. The monoisotopic (exact) mass is 346 g/mol. The van der Waals surface area contributed by atoms with Gasteiger partial charge in [-0.3, -0.25) is 4.79 Å². The summed E-state index contributed by atoms with van der Waals surface area (Å²) in [5.74, 6) is -0.0965. The first kappa shape index (κ1) is 16.5. The maximum Gasteiger partial charge on any atom is 0.251 e. The lowest BCUT2D eigenvalue weighted by Gasteiger charge is -2.23. The Labute approximate surface area is 128 Å². The highest BCUT2D eigenvalue weighted by molar-refractivity contribution is 9.10. The van der Waals surface area contributed by atoms with E-state index in [-0.39, 0.29) is 5.91 Å². The number of nitrogens with zero attached hydrogens (tertiary/aromatic N) is 1. The lowest BCUT2D eigenvalue weighted by atomic mass is 10.2. The first-order valence-corrected chi connectivity index (χ1v) is 7.55. The molecule has 0 aliphatic heterocycles. The number of benzene rings is 1. The van der Waals surface area contributed by atoms with Crippen molar-refractivity contribution in [3.8, 4) is 0 Å². The quantitative estimate of drug-likeness (QED) is 0.853. The third kappa shape index (κ3) is 5.51. The predicted octanol–water partition coefficient (Wildman–Crippen LogP) is 3.56. The van der Waals surface area contributed by atoms with Crippen molar-refractivity contribution >= 4 is 33.4 Å². The maximum atomic E-state index is 12.0. The summed E-state index contributed by atoms with van der Waals surface area (Å²) in [4.78, 5) is 14.2. The molecule has 0 fully saturated rings. The van der Waals surface area contributed by atoms with E-state index in [0.29, 0.717) is 23.2 Å². The summed E-state index contributed by atoms with van der Waals surface area (Å²) in [7, 11) is 2.07. The summed E-state index contributed by atoms with van der Waals surface area (Å²) >= 11 is 9.25. The second kappa shape index (κ2) is 7.88. The Kier molecular flexibility index (Phi) is 6.83. The van der Waals surface area contributed by atoms with Gasteiger partial charge < -0.3 is 10.2 Å². The van der Waals surface area contributed by atoms with Crippen LogP contribution >= 0.6 is 27.5 Å². The van der Waals surface area contributed by atoms with Gasteiger partial charge in [-0.2, -0.15) is 0 Å². The van der Waals surface area contributed by atoms with Crippen LogP contribution in [-0.2, 0) is 0 Å². The standard InChI is InChI=1S/C14H20BrClN2O/c1-4-10(2)18(3)6-5-17-14(19)11-7-12(15)9-13(16)8-11/h7-10H,4-6H2,1-3H3,(H,17,19). The van der Waals surface area contributed by atoms with Gasteiger partial charge in [-0.15, -0.1) is 0 Å². The Morgan fingerprint density at radius 1 is 1.47 bits per heavy atom. The minimum atomic E-state index is -0.0965. The number of hydrogen-bond acceptors (Lipinski definition) is 2. The predicted molar refractivity (Wildman–Crippen MR) is 83.9 cm³/mol. The fourth-order valence-corrected chi connectivity index (χ4v) is 2.52. The average molecular weight is 348 g/mol. The van der Waals surface area contributed by atoms with Crippen molar-refractivity contribution in [3.05, 3.63) is 33.3 Å². The molecule has 106 valence electrons. The summed E-state index contributed by atoms with van der Waals surface area (Å²) in [5, 5.41) is 3.46. The van der Waals surface area contributed by atoms with Crippen molar-refractivity contribution in [1.82, 2.24) is 10.2 Å². The number of likely N-dealkylation sites (N-methyl/N-ethyl adjacent to an activating group) is 1. The molecule has 0 spiro atoms. The fourth-order valence-electron chi connectivity index (χ4n) is 1.66. The summed E-state index contributed by atoms with van der Waals surface area (Å²) in [5.41, 5.74) is 0.575. The molecule has 3 nitrogen and oxygen atoms in total. The first-order valence-electron chi connectivity index (χ1n) is 6.38. The van der Waals surface area contributed by atoms with Gasteiger partial charge in [0.2, 0.25) is 0 Å². The van der Waals surface area contributed by atoms with Gasteiger partial charge in [0.1, 0.15) is 0 Å². The topological polar surface area (TPSA) is 32.3 Å². The molecule has 1 aromatic rings. The number of carbonyl (C=O) groups is 1. The molecule has 19 heavy (non-hydrogen) atoms. The van der Waals surface area contributed by atoms with Gasteiger partial charge in [-0.05, 0) is 38.6 Å². The van der Waals surface area contributed by atoms with Gasteiger partial charge in [0.15, 0.2) is 0 Å². The van der Waals surface area contributed by atoms with E-state index in [0.717, 1.165) is 17.4 Å². The van der Waals surface area contributed by atoms with Crippen LogP contribution in [0.3, 0.4) is 0 Å². The molecule has 0 aliphatic rings. The van der Waals surface area contributed by atoms with Crippen LogP contribution in [0.5, 0.6) is 0 Å². The van der Waals surface area contributed by atoms with Gasteiger partial charge >= 0.3 is 0 Å². The van der Waals surface area contributed by atoms with Crippen LogP contribution in [0.1, 0.15) is 30.6 Å². The molecule has 1 amide bonds. The summed E-state index contributed by atoms with van der Waals surface area (Å²) in [6, 6.07) is 5.71. The van der Waals surface area contributed by atoms with Gasteiger partial charge in [-0.25, -0.2) is 0 Å². The van der Waals surface area contributed by atoms with Crippen molar-refractivity contribution in [1.29, 1.82) is 0 Å². The Morgan fingerprint density at radius 3 is 2.74 bits per heavy atom. The molecular weight excluding hydrogens is 328 g/mol. The second-order valence-corrected chi connectivity index (χ2v) is 6.00. The molecule has 0 heterocycles. The zero-order valence-electron chi connectivity index (χ0n) is 11.5. The smallest absolute Gasteiger partial charge is 0.251 e. The molecule has 1 aromatic carbocycles. The highest BCUT2D eigenvalue weighted by Crippen LogP contribution is 2.19. The lowest BCUT2D eigenvalue weighted by Crippen LogP contribution is -2.37. The van der Waals surface area contributed by atoms with E-state index < -0.39 is 0 Å². The van der Waals surface area contributed by atoms with Gasteiger partial charge in [0, 0.05) is 34.2 Å². The van der Waals surface area contributed by atoms with Gasteiger partial charge in [0.05, 0.1) is 0 Å². The van der Waals surface area contributed by atoms with E-state index in [2.05, 4.69) is 47.0 Å². The van der Waals surface area contributed by atoms with E-state index in [4.69, 9.17) is 11.6 Å². The third-order valence-electron chi connectivity index (χ3n) is 3.22. The number of rotatable bonds is 6. The Morgan fingerprint density at radius 2 is 2.16 bits per heavy atom. The summed E-state index contributed by atoms with van der Waals surface area (Å²) in [6.07, 6.45) is 1.10. The van der Waals surface area contributed by atoms with Crippen molar-refractivity contribution < 1.29 is 4.79 Å². The molecule has 1 unspecified atom stereocenters. The molecule has 0 radical (unpaired) electrons. The molecule has 0 aromatic heterocycles. The summed E-state index contributed by atoms with van der Waals surface area (Å²) < 4.78 is 0.807. The van der Waals surface area contributed by atoms with Crippen LogP contribution in [0.2, 0.25) is 5.02 Å². The molecule has 5 heteroatoms. The van der Waals surface area contributed by atoms with E-state index >= 15 is 0 Å². The zero-order chi connectivity index (χ0) is 14.4. The number of amides is 1. The van der Waals surface area contributed by atoms with Crippen molar-refractivity contribution in [2.45, 2.75) is 26.3 Å². The van der Waals surface area contributed by atoms with Crippen LogP contribution in [0.4, 0.5) is 0 Å². The van der Waals surface area contributed by atoms with Crippen molar-refractivity contribution in [2.75, 3.05) is 20.1 Å². The van der Waals surface area contributed by atoms with Crippen LogP contribution in [0.25, 0.3) is 0 Å². The van der Waals surface area contributed by atoms with Crippen molar-refractivity contribution in [3.63, 3.8) is 0 Å².